The molecule has 1 fully saturated rings. The number of aromatic hydroxyl groups is 1. The fourth-order valence-corrected chi connectivity index (χ4v) is 2.53. The summed E-state index contributed by atoms with van der Waals surface area (Å²) in [6.07, 6.45) is 1.73. The number of likely N-dealkylation sites (tertiary alicyclic amines) is 1. The summed E-state index contributed by atoms with van der Waals surface area (Å²) >= 11 is 0. The average Bonchev–Trinajstić information content (AvgIpc) is 2.31. The van der Waals surface area contributed by atoms with Crippen LogP contribution in [-0.2, 0) is 11.3 Å². The average molecular weight is 249 g/mol. The van der Waals surface area contributed by atoms with E-state index in [1.54, 1.807) is 18.2 Å². The zero-order valence-corrected chi connectivity index (χ0v) is 10.5. The molecule has 0 amide bonds. The lowest BCUT2D eigenvalue weighted by molar-refractivity contribution is -0.145. The number of hydrogen-bond donors (Lipinski definition) is 2. The lowest BCUT2D eigenvalue weighted by Crippen LogP contribution is -2.46. The molecule has 0 bridgehead atoms. The molecule has 0 spiro atoms. The predicted octanol–water partition coefficient (Wildman–Crippen LogP) is 2.08. The SMILES string of the molecule is CC1CCN(Cc2cccc(O)c2)C(C(=O)O)C1. The van der Waals surface area contributed by atoms with E-state index in [1.807, 2.05) is 11.0 Å². The fraction of sp³-hybridized carbons (Fsp3) is 0.500. The van der Waals surface area contributed by atoms with Crippen LogP contribution in [0.15, 0.2) is 24.3 Å². The first-order chi connectivity index (χ1) is 8.56. The molecule has 1 saturated heterocycles. The summed E-state index contributed by atoms with van der Waals surface area (Å²) in [4.78, 5) is 13.3. The van der Waals surface area contributed by atoms with Gasteiger partial charge in [-0.15, -0.1) is 0 Å². The quantitative estimate of drug-likeness (QED) is 0.861. The predicted molar refractivity (Wildman–Crippen MR) is 68.3 cm³/mol. The van der Waals surface area contributed by atoms with E-state index in [1.165, 1.54) is 0 Å². The van der Waals surface area contributed by atoms with Crippen LogP contribution in [0.2, 0.25) is 0 Å². The molecule has 2 unspecified atom stereocenters. The monoisotopic (exact) mass is 249 g/mol. The maximum absolute atomic E-state index is 11.3. The van der Waals surface area contributed by atoms with Crippen molar-refractivity contribution in [2.24, 2.45) is 5.92 Å². The summed E-state index contributed by atoms with van der Waals surface area (Å²) in [5, 5.41) is 18.7. The second-order valence-corrected chi connectivity index (χ2v) is 5.12. The summed E-state index contributed by atoms with van der Waals surface area (Å²) in [5.74, 6) is -0.0574. The summed E-state index contributed by atoms with van der Waals surface area (Å²) in [6, 6.07) is 6.60. The highest BCUT2D eigenvalue weighted by Gasteiger charge is 2.31. The molecule has 2 atom stereocenters. The van der Waals surface area contributed by atoms with Crippen LogP contribution in [0, 0.1) is 5.92 Å². The highest BCUT2D eigenvalue weighted by molar-refractivity contribution is 5.73. The number of hydrogen-bond acceptors (Lipinski definition) is 3. The van der Waals surface area contributed by atoms with Crippen molar-refractivity contribution in [3.05, 3.63) is 29.8 Å². The topological polar surface area (TPSA) is 60.8 Å². The van der Waals surface area contributed by atoms with E-state index >= 15 is 0 Å². The Labute approximate surface area is 107 Å². The highest BCUT2D eigenvalue weighted by atomic mass is 16.4. The van der Waals surface area contributed by atoms with Gasteiger partial charge in [-0.25, -0.2) is 0 Å². The molecule has 1 aliphatic heterocycles. The van der Waals surface area contributed by atoms with Gasteiger partial charge in [0.05, 0.1) is 0 Å². The van der Waals surface area contributed by atoms with Crippen LogP contribution < -0.4 is 0 Å². The van der Waals surface area contributed by atoms with Crippen LogP contribution in [0.4, 0.5) is 0 Å². The number of phenolic OH excluding ortho intramolecular Hbond substituents is 1. The molecular weight excluding hydrogens is 230 g/mol. The van der Waals surface area contributed by atoms with Gasteiger partial charge < -0.3 is 10.2 Å². The molecule has 98 valence electrons. The Kier molecular flexibility index (Phi) is 3.87. The van der Waals surface area contributed by atoms with E-state index in [4.69, 9.17) is 0 Å². The van der Waals surface area contributed by atoms with Gasteiger partial charge in [0, 0.05) is 6.54 Å². The first-order valence-electron chi connectivity index (χ1n) is 6.31. The summed E-state index contributed by atoms with van der Waals surface area (Å²) in [6.45, 7) is 3.48. The summed E-state index contributed by atoms with van der Waals surface area (Å²) in [5.41, 5.74) is 0.954. The molecule has 2 rings (SSSR count). The smallest absolute Gasteiger partial charge is 0.320 e. The van der Waals surface area contributed by atoms with E-state index in [2.05, 4.69) is 6.92 Å². The van der Waals surface area contributed by atoms with Crippen molar-refractivity contribution in [3.63, 3.8) is 0 Å². The highest BCUT2D eigenvalue weighted by Crippen LogP contribution is 2.25. The molecule has 0 saturated carbocycles. The van der Waals surface area contributed by atoms with Crippen molar-refractivity contribution in [2.45, 2.75) is 32.4 Å². The Morgan fingerprint density at radius 2 is 2.28 bits per heavy atom. The van der Waals surface area contributed by atoms with Gasteiger partial charge >= 0.3 is 5.97 Å². The van der Waals surface area contributed by atoms with E-state index in [0.717, 1.165) is 18.5 Å². The van der Waals surface area contributed by atoms with Gasteiger partial charge in [0.1, 0.15) is 11.8 Å². The number of carbonyl (C=O) groups is 1. The van der Waals surface area contributed by atoms with Crippen LogP contribution >= 0.6 is 0 Å². The number of phenols is 1. The van der Waals surface area contributed by atoms with Crippen molar-refractivity contribution in [1.29, 1.82) is 0 Å². The summed E-state index contributed by atoms with van der Waals surface area (Å²) < 4.78 is 0. The maximum atomic E-state index is 11.3. The van der Waals surface area contributed by atoms with Crippen LogP contribution in [0.5, 0.6) is 5.75 Å². The molecule has 18 heavy (non-hydrogen) atoms. The first kappa shape index (κ1) is 12.9. The van der Waals surface area contributed by atoms with Gasteiger partial charge in [-0.2, -0.15) is 0 Å². The third-order valence-electron chi connectivity index (χ3n) is 3.56. The van der Waals surface area contributed by atoms with Gasteiger partial charge in [-0.1, -0.05) is 19.1 Å². The standard InChI is InChI=1S/C14H19NO3/c1-10-5-6-15(13(7-10)14(17)18)9-11-3-2-4-12(16)8-11/h2-4,8,10,13,16H,5-7,9H2,1H3,(H,17,18). The van der Waals surface area contributed by atoms with Gasteiger partial charge in [0.2, 0.25) is 0 Å². The lowest BCUT2D eigenvalue weighted by atomic mass is 9.92. The number of carboxylic acids is 1. The summed E-state index contributed by atoms with van der Waals surface area (Å²) in [7, 11) is 0. The molecule has 0 radical (unpaired) electrons. The van der Waals surface area contributed by atoms with Crippen LogP contribution in [0.3, 0.4) is 0 Å². The zero-order valence-electron chi connectivity index (χ0n) is 10.5. The van der Waals surface area contributed by atoms with E-state index in [9.17, 15) is 15.0 Å². The molecule has 1 heterocycles. The molecule has 1 aromatic carbocycles. The molecule has 4 heteroatoms. The van der Waals surface area contributed by atoms with Gasteiger partial charge in [-0.05, 0) is 43.0 Å². The molecule has 2 N–H and O–H groups in total. The normalized spacial score (nSPS) is 24.9. The number of piperidine rings is 1. The number of nitrogens with zero attached hydrogens (tertiary/aromatic N) is 1. The first-order valence-corrected chi connectivity index (χ1v) is 6.31. The Bertz CT molecular complexity index is 433. The van der Waals surface area contributed by atoms with Gasteiger partial charge in [0.15, 0.2) is 0 Å². The van der Waals surface area contributed by atoms with Crippen LogP contribution in [0.25, 0.3) is 0 Å². The Hall–Kier alpha value is -1.55. The second kappa shape index (κ2) is 5.40. The number of aliphatic carboxylic acids is 1. The van der Waals surface area contributed by atoms with Crippen molar-refractivity contribution < 1.29 is 15.0 Å². The number of carboxylic acid groups (broad SMARTS) is 1. The van der Waals surface area contributed by atoms with Crippen molar-refractivity contribution >= 4 is 5.97 Å². The second-order valence-electron chi connectivity index (χ2n) is 5.12. The van der Waals surface area contributed by atoms with E-state index in [0.29, 0.717) is 18.9 Å². The molecule has 0 aromatic heterocycles. The minimum absolute atomic E-state index is 0.227. The van der Waals surface area contributed by atoms with Crippen molar-refractivity contribution in [1.82, 2.24) is 4.90 Å². The zero-order chi connectivity index (χ0) is 13.1. The van der Waals surface area contributed by atoms with Gasteiger partial charge in [-0.3, -0.25) is 9.69 Å². The molecule has 1 aromatic rings. The minimum Gasteiger partial charge on any atom is -0.508 e. The Balaban J connectivity index is 2.09. The molecular formula is C14H19NO3. The number of benzene rings is 1. The van der Waals surface area contributed by atoms with Crippen molar-refractivity contribution in [3.8, 4) is 5.75 Å². The Morgan fingerprint density at radius 3 is 2.94 bits per heavy atom. The largest absolute Gasteiger partial charge is 0.508 e. The molecule has 1 aliphatic rings. The van der Waals surface area contributed by atoms with Crippen LogP contribution in [0.1, 0.15) is 25.3 Å². The van der Waals surface area contributed by atoms with E-state index < -0.39 is 12.0 Å². The fourth-order valence-electron chi connectivity index (χ4n) is 2.53. The number of rotatable bonds is 3. The molecule has 4 nitrogen and oxygen atoms in total. The van der Waals surface area contributed by atoms with Gasteiger partial charge in [0.25, 0.3) is 0 Å². The van der Waals surface area contributed by atoms with E-state index in [-0.39, 0.29) is 5.75 Å². The third kappa shape index (κ3) is 3.01. The maximum Gasteiger partial charge on any atom is 0.320 e. The lowest BCUT2D eigenvalue weighted by Gasteiger charge is -2.36. The van der Waals surface area contributed by atoms with Crippen molar-refractivity contribution in [2.75, 3.05) is 6.54 Å². The third-order valence-corrected chi connectivity index (χ3v) is 3.56. The molecule has 0 aliphatic carbocycles. The minimum atomic E-state index is -0.748. The van der Waals surface area contributed by atoms with Crippen LogP contribution in [-0.4, -0.2) is 33.7 Å². The Morgan fingerprint density at radius 1 is 1.50 bits per heavy atom.